The molecule has 0 radical (unpaired) electrons. The van der Waals surface area contributed by atoms with E-state index in [-0.39, 0.29) is 0 Å². The topological polar surface area (TPSA) is 28.1 Å². The maximum Gasteiger partial charge on any atom is 0.153 e. The molecular weight excluding hydrogens is 274 g/mol. The largest absolute Gasteiger partial charge is 0.454 e. The van der Waals surface area contributed by atoms with Crippen LogP contribution in [0.1, 0.15) is 5.56 Å². The Balaban J connectivity index is 1.82. The van der Waals surface area contributed by atoms with Crippen LogP contribution < -0.4 is 4.74 Å². The fourth-order valence-electron chi connectivity index (χ4n) is 2.93. The Hall–Kier alpha value is -2.33. The zero-order chi connectivity index (χ0) is 14.9. The molecular formula is C18H19N3O. The van der Waals surface area contributed by atoms with Crippen LogP contribution >= 0.6 is 0 Å². The number of piperazine rings is 1. The maximum atomic E-state index is 6.09. The van der Waals surface area contributed by atoms with Crippen LogP contribution in [0.2, 0.25) is 0 Å². The van der Waals surface area contributed by atoms with E-state index in [0.717, 1.165) is 54.8 Å². The van der Waals surface area contributed by atoms with Crippen LogP contribution in [0.5, 0.6) is 11.5 Å². The van der Waals surface area contributed by atoms with Gasteiger partial charge < -0.3 is 14.5 Å². The minimum absolute atomic E-state index is 0.819. The first-order valence-corrected chi connectivity index (χ1v) is 7.70. The number of para-hydroxylation sites is 3. The lowest BCUT2D eigenvalue weighted by Gasteiger charge is -2.34. The molecule has 4 rings (SSSR count). The number of hydrogen-bond donors (Lipinski definition) is 0. The summed E-state index contributed by atoms with van der Waals surface area (Å²) in [6, 6.07) is 16.1. The van der Waals surface area contributed by atoms with Gasteiger partial charge in [0.1, 0.15) is 17.3 Å². The standard InChI is InChI=1S/C18H19N3O/c1-20-10-12-21(13-11-20)18-14-6-2-4-8-16(14)22-17-9-5-3-7-15(17)19-18/h2-9H,10-13H2,1H3. The van der Waals surface area contributed by atoms with Crippen molar-refractivity contribution in [1.29, 1.82) is 0 Å². The summed E-state index contributed by atoms with van der Waals surface area (Å²) in [4.78, 5) is 9.64. The monoisotopic (exact) mass is 293 g/mol. The van der Waals surface area contributed by atoms with Crippen molar-refractivity contribution in [2.75, 3.05) is 33.2 Å². The minimum atomic E-state index is 0.819. The van der Waals surface area contributed by atoms with E-state index in [9.17, 15) is 0 Å². The van der Waals surface area contributed by atoms with Gasteiger partial charge in [0, 0.05) is 26.2 Å². The first-order valence-electron chi connectivity index (χ1n) is 7.70. The highest BCUT2D eigenvalue weighted by atomic mass is 16.5. The molecule has 0 saturated carbocycles. The molecule has 2 heterocycles. The molecule has 0 aliphatic carbocycles. The Morgan fingerprint density at radius 3 is 2.36 bits per heavy atom. The van der Waals surface area contributed by atoms with E-state index in [2.05, 4.69) is 22.9 Å². The highest BCUT2D eigenvalue weighted by molar-refractivity contribution is 6.03. The van der Waals surface area contributed by atoms with Gasteiger partial charge in [-0.2, -0.15) is 0 Å². The highest BCUT2D eigenvalue weighted by Gasteiger charge is 2.24. The molecule has 2 aromatic rings. The fourth-order valence-corrected chi connectivity index (χ4v) is 2.93. The van der Waals surface area contributed by atoms with E-state index in [1.54, 1.807) is 0 Å². The van der Waals surface area contributed by atoms with Gasteiger partial charge in [0.2, 0.25) is 0 Å². The SMILES string of the molecule is CN1CCN(C2=Nc3ccccc3Oc3ccccc32)CC1. The van der Waals surface area contributed by atoms with E-state index in [1.165, 1.54) is 0 Å². The lowest BCUT2D eigenvalue weighted by molar-refractivity contribution is 0.215. The Labute approximate surface area is 130 Å². The van der Waals surface area contributed by atoms with Crippen molar-refractivity contribution in [3.8, 4) is 11.5 Å². The number of aliphatic imine (C=N–C) groups is 1. The molecule has 0 spiro atoms. The zero-order valence-electron chi connectivity index (χ0n) is 12.7. The van der Waals surface area contributed by atoms with Crippen LogP contribution in [-0.4, -0.2) is 48.9 Å². The Bertz CT molecular complexity index is 718. The Kier molecular flexibility index (Phi) is 3.31. The zero-order valence-corrected chi connectivity index (χ0v) is 12.7. The second-order valence-electron chi connectivity index (χ2n) is 5.79. The van der Waals surface area contributed by atoms with Gasteiger partial charge >= 0.3 is 0 Å². The molecule has 112 valence electrons. The van der Waals surface area contributed by atoms with Gasteiger partial charge in [-0.05, 0) is 31.3 Å². The van der Waals surface area contributed by atoms with Gasteiger partial charge in [0.05, 0.1) is 5.56 Å². The van der Waals surface area contributed by atoms with Gasteiger partial charge in [0.15, 0.2) is 5.75 Å². The van der Waals surface area contributed by atoms with Crippen LogP contribution in [0.4, 0.5) is 5.69 Å². The van der Waals surface area contributed by atoms with Crippen molar-refractivity contribution in [2.45, 2.75) is 0 Å². The molecule has 2 aliphatic heterocycles. The number of benzene rings is 2. The molecule has 0 N–H and O–H groups in total. The Morgan fingerprint density at radius 1 is 0.864 bits per heavy atom. The summed E-state index contributed by atoms with van der Waals surface area (Å²) in [6.45, 7) is 4.10. The normalized spacial score (nSPS) is 17.9. The highest BCUT2D eigenvalue weighted by Crippen LogP contribution is 2.37. The first-order chi connectivity index (χ1) is 10.8. The van der Waals surface area contributed by atoms with Crippen LogP contribution in [0, 0.1) is 0 Å². The molecule has 2 aliphatic rings. The van der Waals surface area contributed by atoms with E-state index in [4.69, 9.17) is 9.73 Å². The molecule has 1 fully saturated rings. The predicted octanol–water partition coefficient (Wildman–Crippen LogP) is 3.12. The van der Waals surface area contributed by atoms with E-state index >= 15 is 0 Å². The average molecular weight is 293 g/mol. The van der Waals surface area contributed by atoms with Gasteiger partial charge in [-0.15, -0.1) is 0 Å². The summed E-state index contributed by atoms with van der Waals surface area (Å²) in [5, 5.41) is 0. The number of likely N-dealkylation sites (N-methyl/N-ethyl adjacent to an activating group) is 1. The van der Waals surface area contributed by atoms with Crippen molar-refractivity contribution in [3.63, 3.8) is 0 Å². The third kappa shape index (κ3) is 2.35. The molecule has 0 atom stereocenters. The predicted molar refractivity (Wildman–Crippen MR) is 88.2 cm³/mol. The minimum Gasteiger partial charge on any atom is -0.454 e. The van der Waals surface area contributed by atoms with Gasteiger partial charge in [0.25, 0.3) is 0 Å². The van der Waals surface area contributed by atoms with Crippen LogP contribution in [0.25, 0.3) is 0 Å². The van der Waals surface area contributed by atoms with Gasteiger partial charge in [-0.25, -0.2) is 4.99 Å². The summed E-state index contributed by atoms with van der Waals surface area (Å²) < 4.78 is 6.09. The molecule has 0 amide bonds. The van der Waals surface area contributed by atoms with Crippen LogP contribution in [0.3, 0.4) is 0 Å². The molecule has 0 aromatic heterocycles. The first kappa shape index (κ1) is 13.3. The smallest absolute Gasteiger partial charge is 0.153 e. The van der Waals surface area contributed by atoms with E-state index in [1.807, 2.05) is 42.5 Å². The molecule has 22 heavy (non-hydrogen) atoms. The molecule has 1 saturated heterocycles. The van der Waals surface area contributed by atoms with Gasteiger partial charge in [-0.1, -0.05) is 24.3 Å². The van der Waals surface area contributed by atoms with Crippen molar-refractivity contribution < 1.29 is 4.74 Å². The summed E-state index contributed by atoms with van der Waals surface area (Å²) in [5.41, 5.74) is 1.97. The van der Waals surface area contributed by atoms with Crippen molar-refractivity contribution >= 4 is 11.5 Å². The summed E-state index contributed by atoms with van der Waals surface area (Å²) >= 11 is 0. The number of nitrogens with zero attached hydrogens (tertiary/aromatic N) is 3. The van der Waals surface area contributed by atoms with E-state index < -0.39 is 0 Å². The van der Waals surface area contributed by atoms with Crippen molar-refractivity contribution in [2.24, 2.45) is 4.99 Å². The number of rotatable bonds is 0. The molecule has 2 aromatic carbocycles. The number of hydrogen-bond acceptors (Lipinski definition) is 4. The third-order valence-electron chi connectivity index (χ3n) is 4.24. The van der Waals surface area contributed by atoms with Gasteiger partial charge in [-0.3, -0.25) is 0 Å². The Morgan fingerprint density at radius 2 is 1.55 bits per heavy atom. The number of fused-ring (bicyclic) bond motifs is 2. The second kappa shape index (κ2) is 5.46. The second-order valence-corrected chi connectivity index (χ2v) is 5.79. The van der Waals surface area contributed by atoms with Crippen molar-refractivity contribution in [1.82, 2.24) is 9.80 Å². The lowest BCUT2D eigenvalue weighted by atomic mass is 10.1. The quantitative estimate of drug-likeness (QED) is 0.747. The van der Waals surface area contributed by atoms with Crippen LogP contribution in [-0.2, 0) is 0 Å². The molecule has 0 unspecified atom stereocenters. The number of ether oxygens (including phenoxy) is 1. The summed E-state index contributed by atoms with van der Waals surface area (Å²) in [5.74, 6) is 2.72. The van der Waals surface area contributed by atoms with Crippen molar-refractivity contribution in [3.05, 3.63) is 54.1 Å². The fraction of sp³-hybridized carbons (Fsp3) is 0.278. The molecule has 0 bridgehead atoms. The lowest BCUT2D eigenvalue weighted by Crippen LogP contribution is -2.47. The molecule has 4 heteroatoms. The summed E-state index contributed by atoms with van der Waals surface area (Å²) in [7, 11) is 2.17. The maximum absolute atomic E-state index is 6.09. The average Bonchev–Trinajstić information content (AvgIpc) is 2.72. The van der Waals surface area contributed by atoms with Crippen LogP contribution in [0.15, 0.2) is 53.5 Å². The number of amidine groups is 1. The molecule has 4 nitrogen and oxygen atoms in total. The van der Waals surface area contributed by atoms with E-state index in [0.29, 0.717) is 0 Å². The third-order valence-corrected chi connectivity index (χ3v) is 4.24. The summed E-state index contributed by atoms with van der Waals surface area (Å²) in [6.07, 6.45) is 0.